The monoisotopic (exact) mass is 212 g/mol. The largest absolute Gasteiger partial charge is 0.468 e. The van der Waals surface area contributed by atoms with Crippen LogP contribution in [0.5, 0.6) is 0 Å². The minimum absolute atomic E-state index is 0.0760. The molecular weight excluding hydrogens is 192 g/mol. The third kappa shape index (κ3) is 3.34. The van der Waals surface area contributed by atoms with Gasteiger partial charge < -0.3 is 15.3 Å². The highest BCUT2D eigenvalue weighted by molar-refractivity contribution is 5.05. The van der Waals surface area contributed by atoms with Gasteiger partial charge in [-0.25, -0.2) is 0 Å². The molecule has 1 aromatic rings. The quantitative estimate of drug-likeness (QED) is 0.707. The van der Waals surface area contributed by atoms with E-state index in [2.05, 4.69) is 11.8 Å². The minimum Gasteiger partial charge on any atom is -0.468 e. The maximum atomic E-state index is 8.99. The number of aliphatic hydroxyl groups excluding tert-OH is 1. The van der Waals surface area contributed by atoms with E-state index in [1.54, 1.807) is 6.26 Å². The Morgan fingerprint density at radius 1 is 1.53 bits per heavy atom. The van der Waals surface area contributed by atoms with Crippen LogP contribution in [0.3, 0.4) is 0 Å². The first-order chi connectivity index (χ1) is 7.33. The maximum Gasteiger partial charge on any atom is 0.122 e. The zero-order valence-electron chi connectivity index (χ0n) is 9.22. The number of rotatable bonds is 7. The predicted molar refractivity (Wildman–Crippen MR) is 59.5 cm³/mol. The van der Waals surface area contributed by atoms with Crippen LogP contribution in [0.4, 0.5) is 0 Å². The Morgan fingerprint density at radius 2 is 2.33 bits per heavy atom. The highest BCUT2D eigenvalue weighted by Gasteiger charge is 2.19. The smallest absolute Gasteiger partial charge is 0.122 e. The van der Waals surface area contributed by atoms with Gasteiger partial charge in [0.1, 0.15) is 5.76 Å². The van der Waals surface area contributed by atoms with Crippen molar-refractivity contribution in [1.29, 1.82) is 0 Å². The van der Waals surface area contributed by atoms with E-state index in [0.717, 1.165) is 18.7 Å². The van der Waals surface area contributed by atoms with E-state index in [9.17, 15) is 0 Å². The van der Waals surface area contributed by atoms with Crippen molar-refractivity contribution in [3.05, 3.63) is 24.2 Å². The van der Waals surface area contributed by atoms with Crippen LogP contribution in [0.1, 0.15) is 25.1 Å². The first kappa shape index (κ1) is 12.2. The fourth-order valence-corrected chi connectivity index (χ4v) is 1.77. The summed E-state index contributed by atoms with van der Waals surface area (Å²) in [5.41, 5.74) is 5.74. The lowest BCUT2D eigenvalue weighted by atomic mass is 10.2. The Bertz CT molecular complexity index is 243. The Morgan fingerprint density at radius 3 is 2.80 bits per heavy atom. The summed E-state index contributed by atoms with van der Waals surface area (Å²) in [6.45, 7) is 4.32. The summed E-state index contributed by atoms with van der Waals surface area (Å²) < 4.78 is 5.36. The standard InChI is InChI=1S/C11H20N2O2/c1-2-5-13(6-7-14)10(9-12)11-4-3-8-15-11/h3-4,8,10,14H,2,5-7,9,12H2,1H3. The second-order valence-electron chi connectivity index (χ2n) is 3.53. The average Bonchev–Trinajstić information content (AvgIpc) is 2.73. The van der Waals surface area contributed by atoms with Crippen LogP contribution in [0.25, 0.3) is 0 Å². The van der Waals surface area contributed by atoms with Crippen molar-refractivity contribution in [2.24, 2.45) is 5.73 Å². The normalized spacial score (nSPS) is 13.3. The second-order valence-corrected chi connectivity index (χ2v) is 3.53. The molecule has 3 N–H and O–H groups in total. The van der Waals surface area contributed by atoms with Crippen molar-refractivity contribution in [2.45, 2.75) is 19.4 Å². The van der Waals surface area contributed by atoms with Crippen LogP contribution in [-0.4, -0.2) is 36.2 Å². The highest BCUT2D eigenvalue weighted by Crippen LogP contribution is 2.19. The van der Waals surface area contributed by atoms with Crippen molar-refractivity contribution in [3.63, 3.8) is 0 Å². The first-order valence-corrected chi connectivity index (χ1v) is 5.41. The van der Waals surface area contributed by atoms with Gasteiger partial charge in [0.05, 0.1) is 18.9 Å². The van der Waals surface area contributed by atoms with Gasteiger partial charge in [-0.2, -0.15) is 0 Å². The topological polar surface area (TPSA) is 62.6 Å². The lowest BCUT2D eigenvalue weighted by molar-refractivity contribution is 0.140. The number of hydrogen-bond donors (Lipinski definition) is 2. The molecule has 1 heterocycles. The van der Waals surface area contributed by atoms with Crippen LogP contribution in [0, 0.1) is 0 Å². The van der Waals surface area contributed by atoms with E-state index < -0.39 is 0 Å². The van der Waals surface area contributed by atoms with Crippen LogP contribution < -0.4 is 5.73 Å². The Kier molecular flexibility index (Phi) is 5.39. The molecule has 0 aliphatic heterocycles. The number of aliphatic hydroxyl groups is 1. The van der Waals surface area contributed by atoms with Gasteiger partial charge in [-0.3, -0.25) is 4.90 Å². The SMILES string of the molecule is CCCN(CCO)C(CN)c1ccco1. The average molecular weight is 212 g/mol. The zero-order chi connectivity index (χ0) is 11.1. The molecule has 0 aromatic carbocycles. The minimum atomic E-state index is 0.0760. The summed E-state index contributed by atoms with van der Waals surface area (Å²) in [6.07, 6.45) is 2.69. The van der Waals surface area contributed by atoms with Crippen molar-refractivity contribution in [1.82, 2.24) is 4.90 Å². The van der Waals surface area contributed by atoms with E-state index in [1.807, 2.05) is 12.1 Å². The van der Waals surface area contributed by atoms with E-state index >= 15 is 0 Å². The van der Waals surface area contributed by atoms with E-state index in [0.29, 0.717) is 13.1 Å². The summed E-state index contributed by atoms with van der Waals surface area (Å²) in [5, 5.41) is 8.99. The molecule has 1 rings (SSSR count). The molecule has 1 aromatic heterocycles. The van der Waals surface area contributed by atoms with Gasteiger partial charge in [0.15, 0.2) is 0 Å². The van der Waals surface area contributed by atoms with Gasteiger partial charge in [-0.1, -0.05) is 6.92 Å². The molecule has 0 aliphatic carbocycles. The summed E-state index contributed by atoms with van der Waals surface area (Å²) in [7, 11) is 0. The molecule has 0 fully saturated rings. The van der Waals surface area contributed by atoms with E-state index in [4.69, 9.17) is 15.3 Å². The summed E-state index contributed by atoms with van der Waals surface area (Å²) >= 11 is 0. The third-order valence-corrected chi connectivity index (χ3v) is 2.43. The Hall–Kier alpha value is -0.840. The van der Waals surface area contributed by atoms with Crippen LogP contribution in [0.15, 0.2) is 22.8 Å². The number of nitrogens with two attached hydrogens (primary N) is 1. The molecule has 0 radical (unpaired) electrons. The summed E-state index contributed by atoms with van der Waals surface area (Å²) in [5.74, 6) is 0.874. The fraction of sp³-hybridized carbons (Fsp3) is 0.636. The molecule has 1 unspecified atom stereocenters. The molecule has 86 valence electrons. The van der Waals surface area contributed by atoms with Gasteiger partial charge in [0.25, 0.3) is 0 Å². The lowest BCUT2D eigenvalue weighted by Crippen LogP contribution is -2.36. The van der Waals surface area contributed by atoms with Gasteiger partial charge in [0, 0.05) is 13.1 Å². The molecular formula is C11H20N2O2. The molecule has 0 saturated heterocycles. The molecule has 4 nitrogen and oxygen atoms in total. The molecule has 0 amide bonds. The molecule has 0 bridgehead atoms. The Balaban J connectivity index is 2.69. The van der Waals surface area contributed by atoms with Gasteiger partial charge in [-0.05, 0) is 25.1 Å². The lowest BCUT2D eigenvalue weighted by Gasteiger charge is -2.28. The fourth-order valence-electron chi connectivity index (χ4n) is 1.77. The van der Waals surface area contributed by atoms with Gasteiger partial charge in [0.2, 0.25) is 0 Å². The summed E-state index contributed by atoms with van der Waals surface area (Å²) in [6, 6.07) is 3.87. The van der Waals surface area contributed by atoms with Gasteiger partial charge >= 0.3 is 0 Å². The Labute approximate surface area is 90.7 Å². The molecule has 0 spiro atoms. The second kappa shape index (κ2) is 6.61. The van der Waals surface area contributed by atoms with E-state index in [-0.39, 0.29) is 12.6 Å². The highest BCUT2D eigenvalue weighted by atomic mass is 16.3. The maximum absolute atomic E-state index is 8.99. The predicted octanol–water partition coefficient (Wildman–Crippen LogP) is 0.984. The van der Waals surface area contributed by atoms with Crippen molar-refractivity contribution >= 4 is 0 Å². The molecule has 0 aliphatic rings. The molecule has 0 saturated carbocycles. The van der Waals surface area contributed by atoms with Crippen LogP contribution in [0.2, 0.25) is 0 Å². The molecule has 1 atom stereocenters. The number of nitrogens with zero attached hydrogens (tertiary/aromatic N) is 1. The first-order valence-electron chi connectivity index (χ1n) is 5.41. The van der Waals surface area contributed by atoms with Crippen molar-refractivity contribution in [3.8, 4) is 0 Å². The molecule has 15 heavy (non-hydrogen) atoms. The van der Waals surface area contributed by atoms with Crippen molar-refractivity contribution < 1.29 is 9.52 Å². The van der Waals surface area contributed by atoms with E-state index in [1.165, 1.54) is 0 Å². The van der Waals surface area contributed by atoms with Crippen LogP contribution in [-0.2, 0) is 0 Å². The third-order valence-electron chi connectivity index (χ3n) is 2.43. The number of hydrogen-bond acceptors (Lipinski definition) is 4. The molecule has 4 heteroatoms. The summed E-state index contributed by atoms with van der Waals surface area (Å²) in [4.78, 5) is 2.15. The van der Waals surface area contributed by atoms with Crippen molar-refractivity contribution in [2.75, 3.05) is 26.2 Å². The number of furan rings is 1. The van der Waals surface area contributed by atoms with Crippen LogP contribution >= 0.6 is 0 Å². The van der Waals surface area contributed by atoms with Gasteiger partial charge in [-0.15, -0.1) is 0 Å². The zero-order valence-corrected chi connectivity index (χ0v) is 9.22.